The second-order valence-corrected chi connectivity index (χ2v) is 5.66. The Labute approximate surface area is 120 Å². The summed E-state index contributed by atoms with van der Waals surface area (Å²) in [7, 11) is -4.05. The molecule has 2 aromatic carbocycles. The number of primary sulfonamides is 1. The molecule has 4 N–H and O–H groups in total. The fourth-order valence-electron chi connectivity index (χ4n) is 1.74. The Balaban J connectivity index is 2.42. The lowest BCUT2D eigenvalue weighted by Gasteiger charge is -2.10. The zero-order valence-corrected chi connectivity index (χ0v) is 11.4. The first-order valence-electron chi connectivity index (χ1n) is 5.71. The van der Waals surface area contributed by atoms with Gasteiger partial charge < -0.3 is 10.4 Å². The highest BCUT2D eigenvalue weighted by molar-refractivity contribution is 7.89. The highest BCUT2D eigenvalue weighted by Crippen LogP contribution is 2.24. The van der Waals surface area contributed by atoms with Crippen LogP contribution in [0.3, 0.4) is 0 Å². The minimum Gasteiger partial charge on any atom is -0.507 e. The van der Waals surface area contributed by atoms with Gasteiger partial charge in [-0.3, -0.25) is 4.79 Å². The zero-order chi connectivity index (χ0) is 15.6. The van der Waals surface area contributed by atoms with Gasteiger partial charge in [0.25, 0.3) is 5.91 Å². The van der Waals surface area contributed by atoms with E-state index in [2.05, 4.69) is 5.32 Å². The molecule has 0 saturated carbocycles. The zero-order valence-electron chi connectivity index (χ0n) is 10.6. The molecule has 2 aromatic rings. The number of hydrogen-bond donors (Lipinski definition) is 3. The van der Waals surface area contributed by atoms with Crippen LogP contribution in [0.1, 0.15) is 10.4 Å². The predicted molar refractivity (Wildman–Crippen MR) is 73.8 cm³/mol. The number of carbonyl (C=O) groups is 1. The van der Waals surface area contributed by atoms with Crippen molar-refractivity contribution in [1.29, 1.82) is 0 Å². The topological polar surface area (TPSA) is 109 Å². The molecule has 0 spiro atoms. The molecule has 2 rings (SSSR count). The number of phenols is 1. The molecular formula is C13H11FN2O4S. The molecule has 0 radical (unpaired) electrons. The normalized spacial score (nSPS) is 11.1. The molecule has 0 unspecified atom stereocenters. The standard InChI is InChI=1S/C13H11FN2O4S/c14-8-4-3-6-10(17)12(8)13(18)16-9-5-1-2-7-11(9)21(15,19)20/h1-7,17H,(H,16,18)(H2,15,19,20). The van der Waals surface area contributed by atoms with Crippen LogP contribution in [0.5, 0.6) is 5.75 Å². The maximum atomic E-state index is 13.6. The van der Waals surface area contributed by atoms with E-state index < -0.39 is 33.1 Å². The fourth-order valence-corrected chi connectivity index (χ4v) is 2.43. The number of amides is 1. The molecule has 21 heavy (non-hydrogen) atoms. The number of nitrogens with one attached hydrogen (secondary N) is 1. The molecule has 0 fully saturated rings. The third kappa shape index (κ3) is 3.18. The first-order chi connectivity index (χ1) is 9.80. The van der Waals surface area contributed by atoms with Gasteiger partial charge in [-0.05, 0) is 24.3 Å². The summed E-state index contributed by atoms with van der Waals surface area (Å²) in [6.45, 7) is 0. The predicted octanol–water partition coefficient (Wildman–Crippen LogP) is 1.43. The smallest absolute Gasteiger partial charge is 0.262 e. The molecule has 0 aliphatic heterocycles. The Kier molecular flexibility index (Phi) is 3.92. The second-order valence-electron chi connectivity index (χ2n) is 4.13. The number of benzene rings is 2. The first-order valence-corrected chi connectivity index (χ1v) is 7.26. The Morgan fingerprint density at radius 2 is 1.81 bits per heavy atom. The SMILES string of the molecule is NS(=O)(=O)c1ccccc1NC(=O)c1c(O)cccc1F. The van der Waals surface area contributed by atoms with Crippen molar-refractivity contribution < 1.29 is 22.7 Å². The summed E-state index contributed by atoms with van der Waals surface area (Å²) in [6, 6.07) is 8.78. The van der Waals surface area contributed by atoms with Crippen LogP contribution in [0.2, 0.25) is 0 Å². The average molecular weight is 310 g/mol. The van der Waals surface area contributed by atoms with Crippen molar-refractivity contribution in [1.82, 2.24) is 0 Å². The van der Waals surface area contributed by atoms with Crippen LogP contribution in [0.25, 0.3) is 0 Å². The molecule has 1 amide bonds. The van der Waals surface area contributed by atoms with E-state index in [1.54, 1.807) is 0 Å². The van der Waals surface area contributed by atoms with Crippen LogP contribution in [-0.4, -0.2) is 19.4 Å². The fraction of sp³-hybridized carbons (Fsp3) is 0. The lowest BCUT2D eigenvalue weighted by atomic mass is 10.1. The van der Waals surface area contributed by atoms with Gasteiger partial charge in [-0.15, -0.1) is 0 Å². The summed E-state index contributed by atoms with van der Waals surface area (Å²) in [5, 5.41) is 16.8. The number of halogens is 1. The monoisotopic (exact) mass is 310 g/mol. The van der Waals surface area contributed by atoms with E-state index in [4.69, 9.17) is 5.14 Å². The van der Waals surface area contributed by atoms with Gasteiger partial charge in [0.05, 0.1) is 5.69 Å². The summed E-state index contributed by atoms with van der Waals surface area (Å²) in [5.41, 5.74) is -0.686. The van der Waals surface area contributed by atoms with Crippen molar-refractivity contribution in [2.75, 3.05) is 5.32 Å². The number of aromatic hydroxyl groups is 1. The third-order valence-electron chi connectivity index (χ3n) is 2.66. The first kappa shape index (κ1) is 14.9. The number of sulfonamides is 1. The molecular weight excluding hydrogens is 299 g/mol. The second kappa shape index (κ2) is 5.51. The summed E-state index contributed by atoms with van der Waals surface area (Å²) in [5.74, 6) is -2.47. The van der Waals surface area contributed by atoms with Crippen molar-refractivity contribution in [3.8, 4) is 5.75 Å². The van der Waals surface area contributed by atoms with E-state index >= 15 is 0 Å². The number of carbonyl (C=O) groups excluding carboxylic acids is 1. The number of rotatable bonds is 3. The molecule has 110 valence electrons. The van der Waals surface area contributed by atoms with E-state index in [1.165, 1.54) is 30.3 Å². The molecule has 0 saturated heterocycles. The highest BCUT2D eigenvalue weighted by Gasteiger charge is 2.20. The number of nitrogens with two attached hydrogens (primary N) is 1. The lowest BCUT2D eigenvalue weighted by molar-refractivity contribution is 0.102. The van der Waals surface area contributed by atoms with Crippen LogP contribution in [0, 0.1) is 5.82 Å². The lowest BCUT2D eigenvalue weighted by Crippen LogP contribution is -2.19. The Hall–Kier alpha value is -2.45. The van der Waals surface area contributed by atoms with Crippen molar-refractivity contribution in [3.05, 3.63) is 53.8 Å². The molecule has 0 aliphatic rings. The molecule has 0 heterocycles. The molecule has 0 atom stereocenters. The van der Waals surface area contributed by atoms with E-state index in [0.717, 1.165) is 12.1 Å². The van der Waals surface area contributed by atoms with Crippen LogP contribution in [0.15, 0.2) is 47.4 Å². The number of phenolic OH excluding ortho intramolecular Hbond substituents is 1. The van der Waals surface area contributed by atoms with E-state index in [0.29, 0.717) is 0 Å². The van der Waals surface area contributed by atoms with Gasteiger partial charge in [-0.2, -0.15) is 0 Å². The van der Waals surface area contributed by atoms with Gasteiger partial charge in [0, 0.05) is 0 Å². The van der Waals surface area contributed by atoms with Gasteiger partial charge >= 0.3 is 0 Å². The summed E-state index contributed by atoms with van der Waals surface area (Å²) >= 11 is 0. The van der Waals surface area contributed by atoms with Crippen molar-refractivity contribution in [2.24, 2.45) is 5.14 Å². The number of anilines is 1. The summed E-state index contributed by atoms with van der Waals surface area (Å²) < 4.78 is 36.4. The van der Waals surface area contributed by atoms with E-state index in [-0.39, 0.29) is 10.6 Å². The molecule has 8 heteroatoms. The quantitative estimate of drug-likeness (QED) is 0.796. The van der Waals surface area contributed by atoms with E-state index in [1.807, 2.05) is 0 Å². The van der Waals surface area contributed by atoms with Crippen molar-refractivity contribution in [2.45, 2.75) is 4.90 Å². The number of hydrogen-bond acceptors (Lipinski definition) is 4. The number of para-hydroxylation sites is 1. The van der Waals surface area contributed by atoms with Gasteiger partial charge in [-0.25, -0.2) is 17.9 Å². The van der Waals surface area contributed by atoms with Gasteiger partial charge in [0.2, 0.25) is 10.0 Å². The summed E-state index contributed by atoms with van der Waals surface area (Å²) in [6.07, 6.45) is 0. The molecule has 6 nitrogen and oxygen atoms in total. The van der Waals surface area contributed by atoms with Crippen molar-refractivity contribution in [3.63, 3.8) is 0 Å². The minimum absolute atomic E-state index is 0.104. The summed E-state index contributed by atoms with van der Waals surface area (Å²) in [4.78, 5) is 11.7. The van der Waals surface area contributed by atoms with Gasteiger partial charge in [-0.1, -0.05) is 18.2 Å². The maximum absolute atomic E-state index is 13.6. The van der Waals surface area contributed by atoms with Crippen LogP contribution in [0.4, 0.5) is 10.1 Å². The third-order valence-corrected chi connectivity index (χ3v) is 3.63. The Morgan fingerprint density at radius 3 is 2.43 bits per heavy atom. The van der Waals surface area contributed by atoms with Crippen LogP contribution >= 0.6 is 0 Å². The minimum atomic E-state index is -4.05. The van der Waals surface area contributed by atoms with Crippen LogP contribution < -0.4 is 10.5 Å². The molecule has 0 aromatic heterocycles. The van der Waals surface area contributed by atoms with Crippen molar-refractivity contribution >= 4 is 21.6 Å². The van der Waals surface area contributed by atoms with Crippen LogP contribution in [-0.2, 0) is 10.0 Å². The van der Waals surface area contributed by atoms with E-state index in [9.17, 15) is 22.7 Å². The maximum Gasteiger partial charge on any atom is 0.262 e. The molecule has 0 bridgehead atoms. The van der Waals surface area contributed by atoms with Gasteiger partial charge in [0.15, 0.2) is 0 Å². The largest absolute Gasteiger partial charge is 0.507 e. The van der Waals surface area contributed by atoms with Gasteiger partial charge in [0.1, 0.15) is 22.0 Å². The Bertz CT molecular complexity index is 785. The molecule has 0 aliphatic carbocycles. The average Bonchev–Trinajstić information content (AvgIpc) is 2.37. The highest BCUT2D eigenvalue weighted by atomic mass is 32.2. The Morgan fingerprint density at radius 1 is 1.14 bits per heavy atom.